The van der Waals surface area contributed by atoms with E-state index in [-0.39, 0.29) is 4.75 Å². The maximum Gasteiger partial charge on any atom is 0.187 e. The molecule has 0 aliphatic rings. The highest BCUT2D eigenvalue weighted by molar-refractivity contribution is 7.98. The van der Waals surface area contributed by atoms with Crippen LogP contribution in [0.15, 0.2) is 21.8 Å². The number of hydrogen-bond acceptors (Lipinski definition) is 5. The number of thioether (sulfide) groups is 1. The van der Waals surface area contributed by atoms with E-state index in [0.717, 1.165) is 0 Å². The first-order chi connectivity index (χ1) is 7.43. The Balaban J connectivity index is 2.76. The molecule has 0 aromatic carbocycles. The van der Waals surface area contributed by atoms with E-state index < -0.39 is 11.4 Å². The monoisotopic (exact) mass is 257 g/mol. The van der Waals surface area contributed by atoms with E-state index in [4.69, 9.17) is 0 Å². The van der Waals surface area contributed by atoms with Crippen LogP contribution in [0.25, 0.3) is 0 Å². The summed E-state index contributed by atoms with van der Waals surface area (Å²) in [7, 11) is 0. The largest absolute Gasteiger partial charge is 0.591 e. The Morgan fingerprint density at radius 2 is 2.19 bits per heavy atom. The van der Waals surface area contributed by atoms with Gasteiger partial charge in [-0.25, -0.2) is 9.97 Å². The van der Waals surface area contributed by atoms with Gasteiger partial charge in [0.2, 0.25) is 0 Å². The van der Waals surface area contributed by atoms with Gasteiger partial charge in [-0.15, -0.1) is 0 Å². The van der Waals surface area contributed by atoms with Gasteiger partial charge in [-0.3, -0.25) is 0 Å². The van der Waals surface area contributed by atoms with Gasteiger partial charge in [-0.05, 0) is 33.1 Å². The Labute approximate surface area is 103 Å². The van der Waals surface area contributed by atoms with Crippen molar-refractivity contribution in [3.8, 4) is 0 Å². The minimum atomic E-state index is -1.24. The Hall–Kier alpha value is -0.590. The van der Waals surface area contributed by atoms with Crippen molar-refractivity contribution in [2.24, 2.45) is 4.40 Å². The molecule has 0 aliphatic carbocycles. The molecule has 0 saturated carbocycles. The van der Waals surface area contributed by atoms with E-state index in [9.17, 15) is 4.55 Å². The molecule has 1 atom stereocenters. The number of aromatic nitrogens is 2. The third-order valence-corrected chi connectivity index (χ3v) is 3.55. The lowest BCUT2D eigenvalue weighted by molar-refractivity contribution is 0.562. The molecule has 1 heterocycles. The summed E-state index contributed by atoms with van der Waals surface area (Å²) < 4.78 is 15.3. The van der Waals surface area contributed by atoms with Crippen LogP contribution in [0.2, 0.25) is 0 Å². The summed E-state index contributed by atoms with van der Waals surface area (Å²) in [5.41, 5.74) is 0.678. The fraction of sp³-hybridized carbons (Fsp3) is 0.500. The lowest BCUT2D eigenvalue weighted by Gasteiger charge is -2.17. The molecule has 1 rings (SSSR count). The third-order valence-electron chi connectivity index (χ3n) is 1.64. The van der Waals surface area contributed by atoms with Gasteiger partial charge in [0.05, 0.1) is 5.69 Å². The summed E-state index contributed by atoms with van der Waals surface area (Å²) >= 11 is 0.219. The van der Waals surface area contributed by atoms with Crippen molar-refractivity contribution in [1.29, 1.82) is 0 Å². The number of hydrogen-bond donors (Lipinski definition) is 0. The van der Waals surface area contributed by atoms with E-state index in [2.05, 4.69) is 14.4 Å². The highest BCUT2D eigenvalue weighted by atomic mass is 32.2. The molecule has 0 N–H and O–H groups in total. The van der Waals surface area contributed by atoms with Gasteiger partial charge < -0.3 is 4.55 Å². The Kier molecular flexibility index (Phi) is 4.76. The SMILES string of the molecule is CSc1nccc(/C=N/[S@@+]([O-])C(C)(C)C)n1. The second kappa shape index (κ2) is 5.65. The van der Waals surface area contributed by atoms with Crippen molar-refractivity contribution >= 4 is 29.3 Å². The molecular formula is C10H15N3OS2. The Bertz CT molecular complexity index is 377. The zero-order chi connectivity index (χ0) is 12.2. The summed E-state index contributed by atoms with van der Waals surface area (Å²) in [6.07, 6.45) is 5.10. The molecule has 0 saturated heterocycles. The van der Waals surface area contributed by atoms with Crippen LogP contribution in [0.5, 0.6) is 0 Å². The van der Waals surface area contributed by atoms with Gasteiger partial charge in [0, 0.05) is 6.20 Å². The van der Waals surface area contributed by atoms with E-state index >= 15 is 0 Å². The van der Waals surface area contributed by atoms with Crippen molar-refractivity contribution in [2.45, 2.75) is 30.7 Å². The summed E-state index contributed by atoms with van der Waals surface area (Å²) in [4.78, 5) is 8.26. The minimum Gasteiger partial charge on any atom is -0.591 e. The molecule has 1 aromatic rings. The van der Waals surface area contributed by atoms with E-state index in [0.29, 0.717) is 10.9 Å². The first-order valence-electron chi connectivity index (χ1n) is 4.76. The maximum absolute atomic E-state index is 11.7. The molecule has 0 bridgehead atoms. The van der Waals surface area contributed by atoms with Crippen LogP contribution >= 0.6 is 11.8 Å². The maximum atomic E-state index is 11.7. The van der Waals surface area contributed by atoms with E-state index in [1.54, 1.807) is 12.3 Å². The standard InChI is InChI=1S/C10H15N3OS2/c1-10(2,3)16(14)12-7-8-5-6-11-9(13-8)15-4/h5-7H,1-4H3/b12-7+/t16-/m0/s1. The van der Waals surface area contributed by atoms with Crippen LogP contribution in [-0.4, -0.2) is 31.7 Å². The average Bonchev–Trinajstić information content (AvgIpc) is 2.25. The molecule has 4 nitrogen and oxygen atoms in total. The predicted molar refractivity (Wildman–Crippen MR) is 69.3 cm³/mol. The third kappa shape index (κ3) is 4.11. The predicted octanol–water partition coefficient (Wildman–Crippen LogP) is 2.08. The molecule has 88 valence electrons. The molecule has 1 aromatic heterocycles. The lowest BCUT2D eigenvalue weighted by atomic mass is 10.3. The molecule has 6 heteroatoms. The summed E-state index contributed by atoms with van der Waals surface area (Å²) in [6.45, 7) is 5.65. The molecular weight excluding hydrogens is 242 g/mol. The van der Waals surface area contributed by atoms with Gasteiger partial charge in [-0.1, -0.05) is 16.2 Å². The van der Waals surface area contributed by atoms with Crippen LogP contribution < -0.4 is 0 Å². The van der Waals surface area contributed by atoms with Crippen LogP contribution in [0, 0.1) is 0 Å². The molecule has 16 heavy (non-hydrogen) atoms. The van der Waals surface area contributed by atoms with Crippen LogP contribution in [-0.2, 0) is 11.4 Å². The molecule has 0 spiro atoms. The van der Waals surface area contributed by atoms with Crippen LogP contribution in [0.1, 0.15) is 26.5 Å². The van der Waals surface area contributed by atoms with E-state index in [1.807, 2.05) is 27.0 Å². The average molecular weight is 257 g/mol. The smallest absolute Gasteiger partial charge is 0.187 e. The van der Waals surface area contributed by atoms with Gasteiger partial charge in [0.1, 0.15) is 22.3 Å². The first-order valence-corrected chi connectivity index (χ1v) is 7.10. The number of rotatable bonds is 3. The topological polar surface area (TPSA) is 61.2 Å². The van der Waals surface area contributed by atoms with Crippen molar-refractivity contribution in [3.63, 3.8) is 0 Å². The van der Waals surface area contributed by atoms with Gasteiger partial charge in [0.25, 0.3) is 0 Å². The Morgan fingerprint density at radius 1 is 1.50 bits per heavy atom. The van der Waals surface area contributed by atoms with Crippen LogP contribution in [0.3, 0.4) is 0 Å². The normalized spacial score (nSPS) is 14.3. The summed E-state index contributed by atoms with van der Waals surface area (Å²) in [5.74, 6) is 0. The molecule has 0 unspecified atom stereocenters. The van der Waals surface area contributed by atoms with Crippen molar-refractivity contribution < 1.29 is 4.55 Å². The zero-order valence-corrected chi connectivity index (χ0v) is 11.4. The highest BCUT2D eigenvalue weighted by Crippen LogP contribution is 2.16. The fourth-order valence-corrected chi connectivity index (χ4v) is 1.67. The van der Waals surface area contributed by atoms with Crippen molar-refractivity contribution in [2.75, 3.05) is 6.26 Å². The zero-order valence-electron chi connectivity index (χ0n) is 9.80. The first kappa shape index (κ1) is 13.5. The fourth-order valence-electron chi connectivity index (χ4n) is 0.784. The molecule has 0 radical (unpaired) electrons. The van der Waals surface area contributed by atoms with Crippen molar-refractivity contribution in [1.82, 2.24) is 9.97 Å². The van der Waals surface area contributed by atoms with Gasteiger partial charge >= 0.3 is 0 Å². The van der Waals surface area contributed by atoms with Crippen LogP contribution in [0.4, 0.5) is 0 Å². The Morgan fingerprint density at radius 3 is 2.75 bits per heavy atom. The second-order valence-corrected chi connectivity index (χ2v) is 6.77. The van der Waals surface area contributed by atoms with E-state index in [1.165, 1.54) is 18.0 Å². The van der Waals surface area contributed by atoms with Crippen molar-refractivity contribution in [3.05, 3.63) is 18.0 Å². The van der Waals surface area contributed by atoms with Gasteiger partial charge in [-0.2, -0.15) is 0 Å². The molecule has 0 fully saturated rings. The summed E-state index contributed by atoms with van der Waals surface area (Å²) in [5, 5.41) is 0.686. The summed E-state index contributed by atoms with van der Waals surface area (Å²) in [6, 6.07) is 1.74. The molecule has 0 amide bonds. The second-order valence-electron chi connectivity index (χ2n) is 4.06. The highest BCUT2D eigenvalue weighted by Gasteiger charge is 2.25. The number of nitrogens with zero attached hydrogens (tertiary/aromatic N) is 3. The molecule has 0 aliphatic heterocycles. The minimum absolute atomic E-state index is 0.341. The van der Waals surface area contributed by atoms with Gasteiger partial charge in [0.15, 0.2) is 5.16 Å². The lowest BCUT2D eigenvalue weighted by Crippen LogP contribution is -2.25. The quantitative estimate of drug-likeness (QED) is 0.360.